The molecule has 3 nitrogen and oxygen atoms in total. The van der Waals surface area contributed by atoms with Gasteiger partial charge in [-0.1, -0.05) is 26.3 Å². The molecule has 88 valence electrons. The van der Waals surface area contributed by atoms with Crippen LogP contribution < -0.4 is 0 Å². The van der Waals surface area contributed by atoms with Crippen molar-refractivity contribution in [2.45, 2.75) is 32.6 Å². The number of carbonyl (C=O) groups excluding carboxylic acids is 1. The molecule has 0 unspecified atom stereocenters. The molecule has 0 aliphatic carbocycles. The monoisotopic (exact) mass is 212 g/mol. The van der Waals surface area contributed by atoms with Gasteiger partial charge in [-0.05, 0) is 12.6 Å². The Balaban J connectivity index is 3.64. The van der Waals surface area contributed by atoms with Gasteiger partial charge < -0.3 is 9.80 Å². The highest BCUT2D eigenvalue weighted by molar-refractivity contribution is 5.76. The third-order valence-electron chi connectivity index (χ3n) is 2.51. The van der Waals surface area contributed by atoms with Crippen molar-refractivity contribution in [1.29, 1.82) is 0 Å². The fourth-order valence-corrected chi connectivity index (χ4v) is 1.28. The molecule has 0 heterocycles. The summed E-state index contributed by atoms with van der Waals surface area (Å²) in [5, 5.41) is 0. The van der Waals surface area contributed by atoms with E-state index in [1.807, 2.05) is 23.9 Å². The smallest absolute Gasteiger partial charge is 0.224 e. The van der Waals surface area contributed by atoms with Crippen LogP contribution in [-0.4, -0.2) is 42.9 Å². The summed E-state index contributed by atoms with van der Waals surface area (Å²) in [5.74, 6) is 0.222. The Morgan fingerprint density at radius 3 is 2.47 bits per heavy atom. The number of hydrogen-bond donors (Lipinski definition) is 0. The lowest BCUT2D eigenvalue weighted by atomic mass is 10.2. The third kappa shape index (κ3) is 7.00. The molecule has 0 N–H and O–H groups in total. The summed E-state index contributed by atoms with van der Waals surface area (Å²) in [6, 6.07) is 0. The van der Waals surface area contributed by atoms with Gasteiger partial charge in [-0.3, -0.25) is 4.79 Å². The molecule has 0 radical (unpaired) electrons. The van der Waals surface area contributed by atoms with Crippen LogP contribution >= 0.6 is 0 Å². The summed E-state index contributed by atoms with van der Waals surface area (Å²) >= 11 is 0. The lowest BCUT2D eigenvalue weighted by Gasteiger charge is -2.19. The maximum absolute atomic E-state index is 11.6. The van der Waals surface area contributed by atoms with Crippen LogP contribution in [0.5, 0.6) is 0 Å². The van der Waals surface area contributed by atoms with Crippen LogP contribution in [0.4, 0.5) is 0 Å². The second-order valence-corrected chi connectivity index (χ2v) is 3.94. The Hall–Kier alpha value is -0.990. The number of unbranched alkanes of at least 4 members (excludes halogenated alkanes) is 2. The number of carbonyl (C=O) groups is 1. The first kappa shape index (κ1) is 14.0. The Morgan fingerprint density at radius 2 is 1.93 bits per heavy atom. The van der Waals surface area contributed by atoms with E-state index in [1.54, 1.807) is 6.20 Å². The topological polar surface area (TPSA) is 23.6 Å². The molecule has 3 heteroatoms. The van der Waals surface area contributed by atoms with Gasteiger partial charge in [0.15, 0.2) is 0 Å². The SMILES string of the molecule is C=CN(C)CCC(=O)N(C)CCCCC. The molecule has 0 aromatic rings. The van der Waals surface area contributed by atoms with Crippen molar-refractivity contribution in [2.75, 3.05) is 27.2 Å². The molecule has 0 aliphatic rings. The van der Waals surface area contributed by atoms with E-state index in [9.17, 15) is 4.79 Å². The molecule has 0 saturated heterocycles. The van der Waals surface area contributed by atoms with E-state index in [-0.39, 0.29) is 5.91 Å². The van der Waals surface area contributed by atoms with Crippen molar-refractivity contribution >= 4 is 5.91 Å². The lowest BCUT2D eigenvalue weighted by Crippen LogP contribution is -2.30. The summed E-state index contributed by atoms with van der Waals surface area (Å²) < 4.78 is 0. The van der Waals surface area contributed by atoms with Crippen molar-refractivity contribution in [2.24, 2.45) is 0 Å². The second-order valence-electron chi connectivity index (χ2n) is 3.94. The number of nitrogens with zero attached hydrogens (tertiary/aromatic N) is 2. The first-order valence-electron chi connectivity index (χ1n) is 5.68. The van der Waals surface area contributed by atoms with E-state index < -0.39 is 0 Å². The summed E-state index contributed by atoms with van der Waals surface area (Å²) in [6.07, 6.45) is 5.82. The third-order valence-corrected chi connectivity index (χ3v) is 2.51. The molecule has 0 saturated carbocycles. The quantitative estimate of drug-likeness (QED) is 0.575. The fraction of sp³-hybridized carbons (Fsp3) is 0.750. The molecule has 0 aromatic heterocycles. The Morgan fingerprint density at radius 1 is 1.27 bits per heavy atom. The van der Waals surface area contributed by atoms with E-state index in [1.165, 1.54) is 12.8 Å². The molecule has 0 fully saturated rings. The number of hydrogen-bond acceptors (Lipinski definition) is 2. The van der Waals surface area contributed by atoms with Crippen LogP contribution in [0, 0.1) is 0 Å². The van der Waals surface area contributed by atoms with E-state index >= 15 is 0 Å². The van der Waals surface area contributed by atoms with Gasteiger partial charge in [-0.15, -0.1) is 0 Å². The molecular weight excluding hydrogens is 188 g/mol. The van der Waals surface area contributed by atoms with Gasteiger partial charge in [0, 0.05) is 33.6 Å². The van der Waals surface area contributed by atoms with Crippen molar-refractivity contribution in [3.8, 4) is 0 Å². The van der Waals surface area contributed by atoms with E-state index in [0.717, 1.165) is 19.5 Å². The van der Waals surface area contributed by atoms with Crippen LogP contribution in [-0.2, 0) is 4.79 Å². The van der Waals surface area contributed by atoms with Gasteiger partial charge in [0.2, 0.25) is 5.91 Å². The van der Waals surface area contributed by atoms with Gasteiger partial charge in [-0.25, -0.2) is 0 Å². The Labute approximate surface area is 93.7 Å². The molecule has 1 amide bonds. The average Bonchev–Trinajstić information content (AvgIpc) is 2.25. The standard InChI is InChI=1S/C12H24N2O/c1-5-7-8-10-14(4)12(15)9-11-13(3)6-2/h6H,2,5,7-11H2,1,3-4H3. The molecule has 0 atom stereocenters. The molecule has 0 spiro atoms. The average molecular weight is 212 g/mol. The minimum atomic E-state index is 0.222. The summed E-state index contributed by atoms with van der Waals surface area (Å²) in [7, 11) is 3.81. The normalized spacial score (nSPS) is 9.80. The lowest BCUT2D eigenvalue weighted by molar-refractivity contribution is -0.130. The van der Waals surface area contributed by atoms with Gasteiger partial charge in [0.25, 0.3) is 0 Å². The van der Waals surface area contributed by atoms with Gasteiger partial charge >= 0.3 is 0 Å². The predicted octanol–water partition coefficient (Wildman–Crippen LogP) is 2.10. The van der Waals surface area contributed by atoms with Crippen LogP contribution in [0.3, 0.4) is 0 Å². The molecule has 0 aliphatic heterocycles. The summed E-state index contributed by atoms with van der Waals surface area (Å²) in [6.45, 7) is 7.44. The van der Waals surface area contributed by atoms with Gasteiger partial charge in [0.05, 0.1) is 0 Å². The zero-order valence-electron chi connectivity index (χ0n) is 10.3. The van der Waals surface area contributed by atoms with E-state index in [2.05, 4.69) is 13.5 Å². The Bertz CT molecular complexity index is 192. The maximum atomic E-state index is 11.6. The summed E-state index contributed by atoms with van der Waals surface area (Å²) in [4.78, 5) is 15.4. The van der Waals surface area contributed by atoms with Crippen molar-refractivity contribution in [3.05, 3.63) is 12.8 Å². The van der Waals surface area contributed by atoms with Crippen LogP contribution in [0.1, 0.15) is 32.6 Å². The summed E-state index contributed by atoms with van der Waals surface area (Å²) in [5.41, 5.74) is 0. The predicted molar refractivity (Wildman–Crippen MR) is 64.6 cm³/mol. The highest BCUT2D eigenvalue weighted by Crippen LogP contribution is 1.99. The molecule has 0 bridgehead atoms. The molecule has 0 rings (SSSR count). The zero-order chi connectivity index (χ0) is 11.7. The van der Waals surface area contributed by atoms with Crippen molar-refractivity contribution < 1.29 is 4.79 Å². The van der Waals surface area contributed by atoms with Crippen molar-refractivity contribution in [1.82, 2.24) is 9.80 Å². The van der Waals surface area contributed by atoms with Crippen LogP contribution in [0.25, 0.3) is 0 Å². The van der Waals surface area contributed by atoms with Crippen LogP contribution in [0.2, 0.25) is 0 Å². The molecule has 15 heavy (non-hydrogen) atoms. The van der Waals surface area contributed by atoms with Gasteiger partial charge in [0.1, 0.15) is 0 Å². The zero-order valence-corrected chi connectivity index (χ0v) is 10.3. The molecule has 0 aromatic carbocycles. The largest absolute Gasteiger partial charge is 0.380 e. The highest BCUT2D eigenvalue weighted by atomic mass is 16.2. The fourth-order valence-electron chi connectivity index (χ4n) is 1.28. The van der Waals surface area contributed by atoms with E-state index in [0.29, 0.717) is 6.42 Å². The number of rotatable bonds is 8. The second kappa shape index (κ2) is 8.33. The highest BCUT2D eigenvalue weighted by Gasteiger charge is 2.07. The first-order chi connectivity index (χ1) is 7.11. The van der Waals surface area contributed by atoms with Crippen LogP contribution in [0.15, 0.2) is 12.8 Å². The van der Waals surface area contributed by atoms with Gasteiger partial charge in [-0.2, -0.15) is 0 Å². The minimum absolute atomic E-state index is 0.222. The maximum Gasteiger partial charge on any atom is 0.224 e. The number of amides is 1. The van der Waals surface area contributed by atoms with E-state index in [4.69, 9.17) is 0 Å². The first-order valence-corrected chi connectivity index (χ1v) is 5.68. The van der Waals surface area contributed by atoms with Crippen molar-refractivity contribution in [3.63, 3.8) is 0 Å². The minimum Gasteiger partial charge on any atom is -0.380 e. The Kier molecular flexibility index (Phi) is 7.78. The molecular formula is C12H24N2O.